The molecule has 1 aromatic heterocycles. The number of piperidine rings is 3. The predicted octanol–water partition coefficient (Wildman–Crippen LogP) is 5.25. The Labute approximate surface area is 175 Å². The van der Waals surface area contributed by atoms with Crippen molar-refractivity contribution in [1.82, 2.24) is 9.88 Å². The lowest BCUT2D eigenvalue weighted by atomic mass is 9.72. The van der Waals surface area contributed by atoms with Crippen LogP contribution in [0.4, 0.5) is 13.2 Å². The molecule has 3 aliphatic heterocycles. The monoisotopic (exact) mass is 436 g/mol. The maximum atomic E-state index is 13.0. The number of rotatable bonds is 3. The van der Waals surface area contributed by atoms with Gasteiger partial charge in [-0.3, -0.25) is 9.88 Å². The van der Waals surface area contributed by atoms with Crippen LogP contribution in [0.25, 0.3) is 10.9 Å². The number of aromatic nitrogens is 1. The minimum Gasteiger partial charge on any atom is -0.387 e. The van der Waals surface area contributed by atoms with Gasteiger partial charge in [0.1, 0.15) is 0 Å². The lowest BCUT2D eigenvalue weighted by molar-refractivity contribution is -0.137. The summed E-state index contributed by atoms with van der Waals surface area (Å²) in [5.74, 6) is 1.32. The maximum absolute atomic E-state index is 13.0. The highest BCUT2D eigenvalue weighted by atomic mass is 35.5. The molecule has 3 fully saturated rings. The highest BCUT2D eigenvalue weighted by molar-refractivity contribution is 5.85. The fourth-order valence-electron chi connectivity index (χ4n) is 4.78. The summed E-state index contributed by atoms with van der Waals surface area (Å²) in [6, 6.07) is 5.34. The first kappa shape index (κ1) is 23.2. The Balaban J connectivity index is 0.00000140. The Bertz CT molecular complexity index is 818. The number of aliphatic hydroxyl groups excluding tert-OH is 1. The van der Waals surface area contributed by atoms with Gasteiger partial charge in [-0.05, 0) is 55.0 Å². The van der Waals surface area contributed by atoms with Gasteiger partial charge < -0.3 is 5.11 Å². The van der Waals surface area contributed by atoms with E-state index in [1.807, 2.05) is 0 Å². The summed E-state index contributed by atoms with van der Waals surface area (Å²) < 4.78 is 38.9. The minimum absolute atomic E-state index is 0. The summed E-state index contributed by atoms with van der Waals surface area (Å²) in [4.78, 5) is 6.45. The second kappa shape index (κ2) is 8.74. The van der Waals surface area contributed by atoms with Crippen molar-refractivity contribution in [3.05, 3.63) is 41.6 Å². The zero-order valence-corrected chi connectivity index (χ0v) is 17.2. The van der Waals surface area contributed by atoms with Gasteiger partial charge in [-0.25, -0.2) is 0 Å². The fourth-order valence-corrected chi connectivity index (χ4v) is 4.78. The molecule has 1 unspecified atom stereocenters. The molecule has 2 bridgehead atoms. The maximum Gasteiger partial charge on any atom is 0.416 e. The van der Waals surface area contributed by atoms with Crippen LogP contribution in [-0.4, -0.2) is 34.1 Å². The molecule has 0 spiro atoms. The van der Waals surface area contributed by atoms with E-state index < -0.39 is 17.8 Å². The van der Waals surface area contributed by atoms with Crippen molar-refractivity contribution < 1.29 is 18.3 Å². The zero-order valence-electron chi connectivity index (χ0n) is 15.5. The summed E-state index contributed by atoms with van der Waals surface area (Å²) in [6.45, 7) is 4.21. The standard InChI is InChI=1S/C20H23F3N2O.2ClH/c1-2-12-11-25-8-6-13(12)9-18(25)19(26)16-5-7-24-17-10-14(20(21,22)23)3-4-15(16)17;;/h3-5,7,10,12-13,18-19,26H,2,6,8-9,11H2,1H3;2*1H/t12-,13+,18-,19+;;/m0../s1. The summed E-state index contributed by atoms with van der Waals surface area (Å²) >= 11 is 0. The number of aliphatic hydroxyl groups is 1. The van der Waals surface area contributed by atoms with E-state index in [1.54, 1.807) is 6.07 Å². The first-order valence-corrected chi connectivity index (χ1v) is 9.26. The molecule has 2 aromatic rings. The third-order valence-electron chi connectivity index (χ3n) is 6.25. The Morgan fingerprint density at radius 2 is 2.00 bits per heavy atom. The number of hydrogen-bond donors (Lipinski definition) is 1. The van der Waals surface area contributed by atoms with Gasteiger partial charge in [-0.15, -0.1) is 24.8 Å². The first-order chi connectivity index (χ1) is 12.4. The smallest absolute Gasteiger partial charge is 0.387 e. The van der Waals surface area contributed by atoms with Crippen molar-refractivity contribution in [2.45, 2.75) is 44.5 Å². The van der Waals surface area contributed by atoms with Gasteiger partial charge >= 0.3 is 6.18 Å². The predicted molar refractivity (Wildman–Crippen MR) is 108 cm³/mol. The molecule has 1 aromatic carbocycles. The molecule has 1 N–H and O–H groups in total. The van der Waals surface area contributed by atoms with Crippen LogP contribution in [-0.2, 0) is 6.18 Å². The van der Waals surface area contributed by atoms with Gasteiger partial charge in [-0.2, -0.15) is 13.2 Å². The van der Waals surface area contributed by atoms with Crippen LogP contribution in [0.3, 0.4) is 0 Å². The van der Waals surface area contributed by atoms with Gasteiger partial charge in [0.05, 0.1) is 17.2 Å². The van der Waals surface area contributed by atoms with Crippen molar-refractivity contribution in [3.8, 4) is 0 Å². The average molecular weight is 437 g/mol. The summed E-state index contributed by atoms with van der Waals surface area (Å²) in [6.07, 6.45) is -0.335. The minimum atomic E-state index is -4.39. The van der Waals surface area contributed by atoms with Crippen molar-refractivity contribution in [3.63, 3.8) is 0 Å². The molecule has 3 aliphatic rings. The molecule has 0 aliphatic carbocycles. The summed E-state index contributed by atoms with van der Waals surface area (Å²) in [5, 5.41) is 11.7. The molecule has 156 valence electrons. The van der Waals surface area contributed by atoms with Crippen molar-refractivity contribution in [2.75, 3.05) is 13.1 Å². The van der Waals surface area contributed by atoms with Crippen LogP contribution in [0.5, 0.6) is 0 Å². The highest BCUT2D eigenvalue weighted by Gasteiger charge is 2.42. The number of alkyl halides is 3. The number of pyridine rings is 1. The Kier molecular flexibility index (Phi) is 7.24. The normalized spacial score (nSPS) is 27.8. The molecule has 8 heteroatoms. The van der Waals surface area contributed by atoms with Crippen LogP contribution in [0.1, 0.15) is 43.4 Å². The van der Waals surface area contributed by atoms with E-state index in [9.17, 15) is 18.3 Å². The van der Waals surface area contributed by atoms with Gasteiger partial charge in [0, 0.05) is 24.2 Å². The van der Waals surface area contributed by atoms with Crippen LogP contribution < -0.4 is 0 Å². The van der Waals surface area contributed by atoms with Crippen LogP contribution in [0.2, 0.25) is 0 Å². The third-order valence-corrected chi connectivity index (χ3v) is 6.25. The Morgan fingerprint density at radius 3 is 2.61 bits per heavy atom. The average Bonchev–Trinajstić information content (AvgIpc) is 2.66. The Morgan fingerprint density at radius 1 is 1.25 bits per heavy atom. The fraction of sp³-hybridized carbons (Fsp3) is 0.550. The lowest BCUT2D eigenvalue weighted by Crippen LogP contribution is -2.55. The SMILES string of the molecule is CC[C@H]1CN2CC[C@@H]1C[C@H]2[C@H](O)c1ccnc2cc(C(F)(F)F)ccc12.Cl.Cl. The van der Waals surface area contributed by atoms with Crippen LogP contribution in [0, 0.1) is 11.8 Å². The second-order valence-electron chi connectivity index (χ2n) is 7.59. The van der Waals surface area contributed by atoms with E-state index in [1.165, 1.54) is 18.7 Å². The summed E-state index contributed by atoms with van der Waals surface area (Å²) in [7, 11) is 0. The van der Waals surface area contributed by atoms with E-state index in [-0.39, 0.29) is 36.4 Å². The molecule has 3 saturated heterocycles. The Hall–Kier alpha value is -1.08. The number of halogens is 5. The van der Waals surface area contributed by atoms with E-state index >= 15 is 0 Å². The van der Waals surface area contributed by atoms with E-state index in [0.29, 0.717) is 22.8 Å². The molecule has 0 saturated carbocycles. The lowest BCUT2D eigenvalue weighted by Gasteiger charge is -2.51. The first-order valence-electron chi connectivity index (χ1n) is 9.26. The molecule has 0 amide bonds. The molecule has 5 atom stereocenters. The van der Waals surface area contributed by atoms with Gasteiger partial charge in [0.2, 0.25) is 0 Å². The second-order valence-corrected chi connectivity index (χ2v) is 7.59. The number of nitrogens with zero attached hydrogens (tertiary/aromatic N) is 2. The van der Waals surface area contributed by atoms with E-state index in [2.05, 4.69) is 16.8 Å². The van der Waals surface area contributed by atoms with Crippen LogP contribution in [0.15, 0.2) is 30.5 Å². The zero-order chi connectivity index (χ0) is 18.5. The molecular weight excluding hydrogens is 412 g/mol. The highest BCUT2D eigenvalue weighted by Crippen LogP contribution is 2.43. The molecule has 5 rings (SSSR count). The van der Waals surface area contributed by atoms with Crippen molar-refractivity contribution >= 4 is 35.7 Å². The molecule has 28 heavy (non-hydrogen) atoms. The molecular formula is C20H25Cl2F3N2O. The number of fused-ring (bicyclic) bond motifs is 4. The number of hydrogen-bond acceptors (Lipinski definition) is 3. The van der Waals surface area contributed by atoms with Crippen molar-refractivity contribution in [1.29, 1.82) is 0 Å². The molecule has 3 nitrogen and oxygen atoms in total. The van der Waals surface area contributed by atoms with Crippen molar-refractivity contribution in [2.24, 2.45) is 11.8 Å². The van der Waals surface area contributed by atoms with E-state index in [4.69, 9.17) is 0 Å². The quantitative estimate of drug-likeness (QED) is 0.713. The third kappa shape index (κ3) is 4.11. The molecule has 0 radical (unpaired) electrons. The van der Waals surface area contributed by atoms with Gasteiger partial charge in [0.15, 0.2) is 0 Å². The van der Waals surface area contributed by atoms with Gasteiger partial charge in [0.25, 0.3) is 0 Å². The topological polar surface area (TPSA) is 36.4 Å². The molecule has 4 heterocycles. The van der Waals surface area contributed by atoms with E-state index in [0.717, 1.165) is 38.1 Å². The van der Waals surface area contributed by atoms with Gasteiger partial charge in [-0.1, -0.05) is 19.4 Å². The summed E-state index contributed by atoms with van der Waals surface area (Å²) in [5.41, 5.74) is 0.239. The van der Waals surface area contributed by atoms with Crippen LogP contribution >= 0.6 is 24.8 Å². The number of benzene rings is 1. The largest absolute Gasteiger partial charge is 0.416 e.